The van der Waals surface area contributed by atoms with Crippen LogP contribution in [0.5, 0.6) is 11.5 Å². The minimum Gasteiger partial charge on any atom is -0.457 e. The maximum absolute atomic E-state index is 14.2. The maximum atomic E-state index is 14.2. The van der Waals surface area contributed by atoms with E-state index < -0.39 is 40.0 Å². The SMILES string of the molecule is C=CCOC(=O)C1=C(OP(=O)(Oc2ccccc2)Oc2ccccc2)[C@H](C)[C@H]2[C@@H]([C@@H](C)O[Si](C)(C)C)C(=O)N12. The van der Waals surface area contributed by atoms with Crippen molar-refractivity contribution in [1.29, 1.82) is 0 Å². The number of fused-ring (bicyclic) bond motifs is 1. The van der Waals surface area contributed by atoms with Gasteiger partial charge in [0.05, 0.1) is 18.1 Å². The summed E-state index contributed by atoms with van der Waals surface area (Å²) in [5, 5.41) is 0. The summed E-state index contributed by atoms with van der Waals surface area (Å²) in [6, 6.07) is 16.4. The Labute approximate surface area is 230 Å². The Bertz CT molecular complexity index is 1250. The molecule has 4 atom stereocenters. The zero-order valence-electron chi connectivity index (χ0n) is 22.7. The normalized spacial score (nSPS) is 21.5. The van der Waals surface area contributed by atoms with Gasteiger partial charge >= 0.3 is 13.8 Å². The van der Waals surface area contributed by atoms with Gasteiger partial charge < -0.3 is 22.7 Å². The monoisotopic (exact) mass is 571 g/mol. The topological polar surface area (TPSA) is 101 Å². The summed E-state index contributed by atoms with van der Waals surface area (Å²) in [5.41, 5.74) is -0.121. The summed E-state index contributed by atoms with van der Waals surface area (Å²) in [4.78, 5) is 28.0. The van der Waals surface area contributed by atoms with Crippen LogP contribution in [0.1, 0.15) is 13.8 Å². The molecule has 0 aromatic heterocycles. The first-order valence-electron chi connectivity index (χ1n) is 12.8. The Balaban J connectivity index is 1.72. The molecule has 2 aromatic carbocycles. The molecule has 1 saturated heterocycles. The van der Waals surface area contributed by atoms with Crippen LogP contribution >= 0.6 is 7.82 Å². The van der Waals surface area contributed by atoms with Gasteiger partial charge in [0.15, 0.2) is 14.0 Å². The molecule has 0 unspecified atom stereocenters. The fraction of sp³-hybridized carbons (Fsp3) is 0.357. The van der Waals surface area contributed by atoms with Crippen molar-refractivity contribution in [2.45, 2.75) is 45.6 Å². The van der Waals surface area contributed by atoms with Gasteiger partial charge in [-0.3, -0.25) is 9.69 Å². The molecule has 208 valence electrons. The Morgan fingerprint density at radius 3 is 2.05 bits per heavy atom. The number of esters is 1. The lowest BCUT2D eigenvalue weighted by molar-refractivity contribution is -0.163. The number of β-lactam (4-membered cyclic amide) rings is 1. The molecule has 2 aliphatic heterocycles. The number of amides is 1. The first kappa shape index (κ1) is 28.7. The van der Waals surface area contributed by atoms with Gasteiger partial charge in [-0.15, -0.1) is 0 Å². The molecule has 1 amide bonds. The number of para-hydroxylation sites is 2. The number of phosphoric acid groups is 1. The van der Waals surface area contributed by atoms with E-state index in [2.05, 4.69) is 6.58 Å². The lowest BCUT2D eigenvalue weighted by Gasteiger charge is -2.48. The highest BCUT2D eigenvalue weighted by atomic mass is 31.2. The zero-order chi connectivity index (χ0) is 28.4. The smallest absolute Gasteiger partial charge is 0.457 e. The molecule has 39 heavy (non-hydrogen) atoms. The van der Waals surface area contributed by atoms with Crippen LogP contribution < -0.4 is 9.05 Å². The van der Waals surface area contributed by atoms with Crippen molar-refractivity contribution in [1.82, 2.24) is 4.90 Å². The Morgan fingerprint density at radius 1 is 1.03 bits per heavy atom. The summed E-state index contributed by atoms with van der Waals surface area (Å²) in [7, 11) is -6.38. The fourth-order valence-corrected chi connectivity index (χ4v) is 7.48. The molecule has 2 aromatic rings. The van der Waals surface area contributed by atoms with Crippen LogP contribution in [0.25, 0.3) is 0 Å². The van der Waals surface area contributed by atoms with Gasteiger partial charge in [-0.05, 0) is 50.8 Å². The summed E-state index contributed by atoms with van der Waals surface area (Å²) >= 11 is 0. The van der Waals surface area contributed by atoms with E-state index in [4.69, 9.17) is 22.7 Å². The third-order valence-electron chi connectivity index (χ3n) is 6.29. The van der Waals surface area contributed by atoms with Gasteiger partial charge in [-0.2, -0.15) is 4.57 Å². The van der Waals surface area contributed by atoms with E-state index in [1.807, 2.05) is 26.6 Å². The lowest BCUT2D eigenvalue weighted by atomic mass is 9.79. The standard InChI is InChI=1S/C28H34NO8PSi/c1-7-18-33-28(31)25-26(19(2)24-23(27(30)29(24)25)20(3)37-39(4,5)6)36-38(32,34-21-14-10-8-11-15-21)35-22-16-12-9-13-17-22/h7-17,19-20,23-24H,1,18H2,2-6H3/t19-,20-,23-,24+/m1/s1. The third-order valence-corrected chi connectivity index (χ3v) is 8.66. The fourth-order valence-electron chi connectivity index (χ4n) is 4.85. The van der Waals surface area contributed by atoms with Crippen molar-refractivity contribution in [3.8, 4) is 11.5 Å². The zero-order valence-corrected chi connectivity index (χ0v) is 24.6. The molecule has 9 nitrogen and oxygen atoms in total. The lowest BCUT2D eigenvalue weighted by Crippen LogP contribution is -2.64. The predicted molar refractivity (Wildman–Crippen MR) is 148 cm³/mol. The van der Waals surface area contributed by atoms with Crippen LogP contribution in [0.3, 0.4) is 0 Å². The molecule has 0 saturated carbocycles. The first-order valence-corrected chi connectivity index (χ1v) is 17.6. The molecule has 0 spiro atoms. The second-order valence-electron chi connectivity index (χ2n) is 10.4. The Hall–Kier alpha value is -3.33. The van der Waals surface area contributed by atoms with Crippen LogP contribution in [-0.2, 0) is 27.8 Å². The molecule has 0 radical (unpaired) electrons. The van der Waals surface area contributed by atoms with Crippen molar-refractivity contribution < 1.29 is 36.9 Å². The van der Waals surface area contributed by atoms with Crippen LogP contribution in [-0.4, -0.2) is 43.8 Å². The van der Waals surface area contributed by atoms with E-state index >= 15 is 0 Å². The molecule has 2 heterocycles. The van der Waals surface area contributed by atoms with Crippen molar-refractivity contribution in [2.24, 2.45) is 11.8 Å². The van der Waals surface area contributed by atoms with Crippen LogP contribution in [0.15, 0.2) is 84.8 Å². The van der Waals surface area contributed by atoms with Gasteiger partial charge in [0, 0.05) is 5.92 Å². The van der Waals surface area contributed by atoms with Crippen molar-refractivity contribution >= 4 is 28.0 Å². The van der Waals surface area contributed by atoms with E-state index in [-0.39, 0.29) is 41.6 Å². The highest BCUT2D eigenvalue weighted by molar-refractivity contribution is 7.49. The van der Waals surface area contributed by atoms with Crippen molar-refractivity contribution in [3.63, 3.8) is 0 Å². The number of rotatable bonds is 12. The number of carbonyl (C=O) groups excluding carboxylic acids is 2. The average molecular weight is 572 g/mol. The van der Waals surface area contributed by atoms with Gasteiger partial charge in [-0.25, -0.2) is 4.79 Å². The Kier molecular flexibility index (Phi) is 8.39. The Morgan fingerprint density at radius 2 is 1.56 bits per heavy atom. The largest absolute Gasteiger partial charge is 0.646 e. The van der Waals surface area contributed by atoms with Crippen LogP contribution in [0, 0.1) is 11.8 Å². The molecule has 0 N–H and O–H groups in total. The number of carbonyl (C=O) groups is 2. The second kappa shape index (κ2) is 11.4. The minimum atomic E-state index is -4.42. The van der Waals surface area contributed by atoms with Gasteiger partial charge in [0.1, 0.15) is 23.9 Å². The second-order valence-corrected chi connectivity index (χ2v) is 16.3. The molecular formula is C28H34NO8PSi. The third kappa shape index (κ3) is 6.29. The van der Waals surface area contributed by atoms with Crippen LogP contribution in [0.2, 0.25) is 19.6 Å². The molecule has 0 aliphatic carbocycles. The number of nitrogens with zero attached hydrogens (tertiary/aromatic N) is 1. The van der Waals surface area contributed by atoms with Gasteiger partial charge in [0.2, 0.25) is 5.91 Å². The van der Waals surface area contributed by atoms with E-state index in [0.29, 0.717) is 0 Å². The molecule has 1 fully saturated rings. The van der Waals surface area contributed by atoms with E-state index in [1.54, 1.807) is 67.6 Å². The van der Waals surface area contributed by atoms with E-state index in [9.17, 15) is 14.2 Å². The number of hydrogen-bond acceptors (Lipinski definition) is 8. The number of benzene rings is 2. The van der Waals surface area contributed by atoms with Gasteiger partial charge in [0.25, 0.3) is 0 Å². The van der Waals surface area contributed by atoms with Crippen LogP contribution in [0.4, 0.5) is 0 Å². The highest BCUT2D eigenvalue weighted by Gasteiger charge is 2.62. The average Bonchev–Trinajstić information content (AvgIpc) is 3.10. The molecule has 0 bridgehead atoms. The minimum absolute atomic E-state index is 0.000288. The molecular weight excluding hydrogens is 537 g/mol. The number of hydrogen-bond donors (Lipinski definition) is 0. The van der Waals surface area contributed by atoms with Gasteiger partial charge in [-0.1, -0.05) is 56.0 Å². The molecule has 4 rings (SSSR count). The molecule has 11 heteroatoms. The maximum Gasteiger partial charge on any atom is 0.646 e. The number of ether oxygens (including phenoxy) is 1. The summed E-state index contributed by atoms with van der Waals surface area (Å²) in [5.74, 6) is -1.64. The summed E-state index contributed by atoms with van der Waals surface area (Å²) < 4.78 is 43.2. The van der Waals surface area contributed by atoms with E-state index in [1.165, 1.54) is 11.0 Å². The number of phosphoric ester groups is 1. The summed E-state index contributed by atoms with van der Waals surface area (Å²) in [6.45, 7) is 13.3. The highest BCUT2D eigenvalue weighted by Crippen LogP contribution is 2.57. The van der Waals surface area contributed by atoms with Crippen molar-refractivity contribution in [2.75, 3.05) is 6.61 Å². The first-order chi connectivity index (χ1) is 18.4. The predicted octanol–water partition coefficient (Wildman–Crippen LogP) is 5.93. The molecule has 2 aliphatic rings. The van der Waals surface area contributed by atoms with E-state index in [0.717, 1.165) is 0 Å². The quantitative estimate of drug-likeness (QED) is 0.102. The summed E-state index contributed by atoms with van der Waals surface area (Å²) in [6.07, 6.45) is 1.03. The van der Waals surface area contributed by atoms with Crippen molar-refractivity contribution in [3.05, 3.63) is 84.8 Å².